The molecule has 1 aliphatic carbocycles. The number of hydrogen-bond acceptors (Lipinski definition) is 3. The number of carbonyl (C=O) groups is 1. The van der Waals surface area contributed by atoms with Gasteiger partial charge in [0.15, 0.2) is 0 Å². The molecule has 2 aliphatic rings. The van der Waals surface area contributed by atoms with Crippen LogP contribution in [-0.4, -0.2) is 24.8 Å². The van der Waals surface area contributed by atoms with Gasteiger partial charge in [-0.05, 0) is 24.3 Å². The van der Waals surface area contributed by atoms with Crippen molar-refractivity contribution < 1.29 is 14.3 Å². The Morgan fingerprint density at radius 1 is 1.39 bits per heavy atom. The topological polar surface area (TPSA) is 47.6 Å². The molecule has 3 atom stereocenters. The van der Waals surface area contributed by atoms with Crippen LogP contribution in [0.25, 0.3) is 0 Å². The van der Waals surface area contributed by atoms with Gasteiger partial charge in [0.1, 0.15) is 6.61 Å². The molecule has 2 fully saturated rings. The van der Waals surface area contributed by atoms with E-state index in [-0.39, 0.29) is 18.2 Å². The summed E-state index contributed by atoms with van der Waals surface area (Å²) in [7, 11) is 0. The highest BCUT2D eigenvalue weighted by Gasteiger charge is 2.46. The molecule has 1 aliphatic heterocycles. The summed E-state index contributed by atoms with van der Waals surface area (Å²) in [6.45, 7) is 1.14. The lowest BCUT2D eigenvalue weighted by Gasteiger charge is -2.38. The van der Waals surface area contributed by atoms with E-state index in [1.165, 1.54) is 0 Å². The molecule has 0 spiro atoms. The predicted octanol–water partition coefficient (Wildman–Crippen LogP) is 2.09. The van der Waals surface area contributed by atoms with Crippen LogP contribution in [0.4, 0.5) is 4.79 Å². The molecule has 3 unspecified atom stereocenters. The van der Waals surface area contributed by atoms with Crippen molar-refractivity contribution in [3.05, 3.63) is 35.9 Å². The first-order chi connectivity index (χ1) is 8.83. The van der Waals surface area contributed by atoms with Crippen LogP contribution in [0.2, 0.25) is 0 Å². The molecule has 4 heteroatoms. The summed E-state index contributed by atoms with van der Waals surface area (Å²) in [5.74, 6) is 0.643. The average molecular weight is 247 g/mol. The fourth-order valence-electron chi connectivity index (χ4n) is 2.67. The lowest BCUT2D eigenvalue weighted by atomic mass is 9.77. The van der Waals surface area contributed by atoms with E-state index in [0.29, 0.717) is 12.5 Å². The van der Waals surface area contributed by atoms with Gasteiger partial charge < -0.3 is 14.8 Å². The van der Waals surface area contributed by atoms with Gasteiger partial charge in [0.05, 0.1) is 12.1 Å². The first-order valence-electron chi connectivity index (χ1n) is 6.42. The standard InChI is InChI=1S/C14H17NO3/c16-14(18-9-10-4-2-1-3-5-10)15-12-8-11-6-7-17-13(11)12/h1-5,11-13H,6-9H2,(H,15,16). The van der Waals surface area contributed by atoms with Crippen molar-refractivity contribution in [1.82, 2.24) is 5.32 Å². The van der Waals surface area contributed by atoms with Crippen molar-refractivity contribution in [3.8, 4) is 0 Å². The maximum Gasteiger partial charge on any atom is 0.407 e. The van der Waals surface area contributed by atoms with Crippen molar-refractivity contribution in [2.24, 2.45) is 5.92 Å². The smallest absolute Gasteiger partial charge is 0.407 e. The fourth-order valence-corrected chi connectivity index (χ4v) is 2.67. The Labute approximate surface area is 106 Å². The highest BCUT2D eigenvalue weighted by molar-refractivity contribution is 5.68. The molecule has 1 amide bonds. The average Bonchev–Trinajstić information content (AvgIpc) is 2.76. The van der Waals surface area contributed by atoms with Gasteiger partial charge in [0.2, 0.25) is 0 Å². The zero-order chi connectivity index (χ0) is 12.4. The number of rotatable bonds is 3. The van der Waals surface area contributed by atoms with E-state index >= 15 is 0 Å². The molecule has 18 heavy (non-hydrogen) atoms. The van der Waals surface area contributed by atoms with Gasteiger partial charge >= 0.3 is 6.09 Å². The van der Waals surface area contributed by atoms with E-state index < -0.39 is 0 Å². The summed E-state index contributed by atoms with van der Waals surface area (Å²) in [6.07, 6.45) is 2.01. The van der Waals surface area contributed by atoms with E-state index in [9.17, 15) is 4.79 Å². The molecule has 1 heterocycles. The van der Waals surface area contributed by atoms with Crippen LogP contribution in [0, 0.1) is 5.92 Å². The summed E-state index contributed by atoms with van der Waals surface area (Å²) in [5.41, 5.74) is 0.997. The van der Waals surface area contributed by atoms with Gasteiger partial charge in [-0.15, -0.1) is 0 Å². The number of fused-ring (bicyclic) bond motifs is 1. The summed E-state index contributed by atoms with van der Waals surface area (Å²) >= 11 is 0. The fraction of sp³-hybridized carbons (Fsp3) is 0.500. The first kappa shape index (κ1) is 11.5. The second-order valence-electron chi connectivity index (χ2n) is 4.93. The van der Waals surface area contributed by atoms with Gasteiger partial charge in [-0.1, -0.05) is 30.3 Å². The van der Waals surface area contributed by atoms with Crippen LogP contribution in [0.15, 0.2) is 30.3 Å². The Hall–Kier alpha value is -1.55. The molecular weight excluding hydrogens is 230 g/mol. The zero-order valence-electron chi connectivity index (χ0n) is 10.2. The van der Waals surface area contributed by atoms with Crippen molar-refractivity contribution in [2.75, 3.05) is 6.61 Å². The Morgan fingerprint density at radius 3 is 3.00 bits per heavy atom. The van der Waals surface area contributed by atoms with Gasteiger partial charge in [0, 0.05) is 6.61 Å². The third kappa shape index (κ3) is 2.34. The number of alkyl carbamates (subject to hydrolysis) is 1. The largest absolute Gasteiger partial charge is 0.445 e. The summed E-state index contributed by atoms with van der Waals surface area (Å²) in [4.78, 5) is 11.6. The molecule has 0 aromatic heterocycles. The number of amides is 1. The van der Waals surface area contributed by atoms with Gasteiger partial charge in [-0.25, -0.2) is 4.79 Å². The minimum Gasteiger partial charge on any atom is -0.445 e. The molecule has 3 rings (SSSR count). The third-order valence-corrected chi connectivity index (χ3v) is 3.73. The molecule has 1 saturated heterocycles. The second-order valence-corrected chi connectivity index (χ2v) is 4.93. The van der Waals surface area contributed by atoms with Crippen molar-refractivity contribution >= 4 is 6.09 Å². The molecular formula is C14H17NO3. The van der Waals surface area contributed by atoms with Crippen LogP contribution < -0.4 is 5.32 Å². The molecule has 1 N–H and O–H groups in total. The highest BCUT2D eigenvalue weighted by Crippen LogP contribution is 2.38. The Morgan fingerprint density at radius 2 is 2.22 bits per heavy atom. The number of ether oxygens (including phenoxy) is 2. The molecule has 1 aromatic rings. The van der Waals surface area contributed by atoms with Crippen LogP contribution in [0.5, 0.6) is 0 Å². The van der Waals surface area contributed by atoms with E-state index in [2.05, 4.69) is 5.32 Å². The van der Waals surface area contributed by atoms with Crippen molar-refractivity contribution in [1.29, 1.82) is 0 Å². The van der Waals surface area contributed by atoms with Crippen LogP contribution in [0.1, 0.15) is 18.4 Å². The molecule has 0 bridgehead atoms. The maximum atomic E-state index is 11.6. The first-order valence-corrected chi connectivity index (χ1v) is 6.42. The maximum absolute atomic E-state index is 11.6. The SMILES string of the molecule is O=C(NC1CC2CCOC21)OCc1ccccc1. The van der Waals surface area contributed by atoms with Gasteiger partial charge in [-0.2, -0.15) is 0 Å². The minimum atomic E-state index is -0.349. The van der Waals surface area contributed by atoms with E-state index in [1.54, 1.807) is 0 Å². The number of hydrogen-bond donors (Lipinski definition) is 1. The minimum absolute atomic E-state index is 0.140. The quantitative estimate of drug-likeness (QED) is 0.889. The monoisotopic (exact) mass is 247 g/mol. The molecule has 96 valence electrons. The Kier molecular flexibility index (Phi) is 3.19. The van der Waals surface area contributed by atoms with Gasteiger partial charge in [0.25, 0.3) is 0 Å². The molecule has 1 saturated carbocycles. The second kappa shape index (κ2) is 4.98. The van der Waals surface area contributed by atoms with Gasteiger partial charge in [-0.3, -0.25) is 0 Å². The lowest BCUT2D eigenvalue weighted by Crippen LogP contribution is -2.54. The van der Waals surface area contributed by atoms with Crippen LogP contribution >= 0.6 is 0 Å². The van der Waals surface area contributed by atoms with E-state index in [0.717, 1.165) is 25.0 Å². The summed E-state index contributed by atoms with van der Waals surface area (Å²) < 4.78 is 10.7. The lowest BCUT2D eigenvalue weighted by molar-refractivity contribution is -0.00273. The van der Waals surface area contributed by atoms with E-state index in [4.69, 9.17) is 9.47 Å². The summed E-state index contributed by atoms with van der Waals surface area (Å²) in [5, 5.41) is 2.87. The number of benzene rings is 1. The van der Waals surface area contributed by atoms with E-state index in [1.807, 2.05) is 30.3 Å². The molecule has 0 radical (unpaired) electrons. The highest BCUT2D eigenvalue weighted by atomic mass is 16.5. The number of nitrogens with one attached hydrogen (secondary N) is 1. The Bertz CT molecular complexity index is 420. The zero-order valence-corrected chi connectivity index (χ0v) is 10.2. The van der Waals surface area contributed by atoms with Crippen LogP contribution in [-0.2, 0) is 16.1 Å². The molecule has 1 aromatic carbocycles. The predicted molar refractivity (Wildman–Crippen MR) is 66.0 cm³/mol. The van der Waals surface area contributed by atoms with Crippen molar-refractivity contribution in [3.63, 3.8) is 0 Å². The normalized spacial score (nSPS) is 29.2. The Balaban J connectivity index is 1.43. The van der Waals surface area contributed by atoms with Crippen molar-refractivity contribution in [2.45, 2.75) is 31.6 Å². The van der Waals surface area contributed by atoms with Crippen LogP contribution in [0.3, 0.4) is 0 Å². The summed E-state index contributed by atoms with van der Waals surface area (Å²) in [6, 6.07) is 9.81. The number of carbonyl (C=O) groups excluding carboxylic acids is 1. The third-order valence-electron chi connectivity index (χ3n) is 3.73. The molecule has 4 nitrogen and oxygen atoms in total.